The maximum Gasteiger partial charge on any atom is 0.262 e. The molecule has 0 aliphatic rings. The van der Waals surface area contributed by atoms with E-state index in [-0.39, 0.29) is 12.5 Å². The third-order valence-electron chi connectivity index (χ3n) is 2.87. The highest BCUT2D eigenvalue weighted by Crippen LogP contribution is 2.22. The molecule has 0 fully saturated rings. The molecule has 0 saturated heterocycles. The van der Waals surface area contributed by atoms with Crippen LogP contribution in [0.3, 0.4) is 0 Å². The van der Waals surface area contributed by atoms with Gasteiger partial charge in [-0.1, -0.05) is 6.07 Å². The van der Waals surface area contributed by atoms with Crippen molar-refractivity contribution in [3.63, 3.8) is 0 Å². The van der Waals surface area contributed by atoms with Crippen molar-refractivity contribution in [3.8, 4) is 17.4 Å². The largest absolute Gasteiger partial charge is 0.497 e. The van der Waals surface area contributed by atoms with Crippen molar-refractivity contribution < 1.29 is 19.0 Å². The van der Waals surface area contributed by atoms with Crippen molar-refractivity contribution in [1.82, 2.24) is 4.98 Å². The van der Waals surface area contributed by atoms with Gasteiger partial charge in [-0.2, -0.15) is 0 Å². The zero-order valence-electron chi connectivity index (χ0n) is 12.8. The van der Waals surface area contributed by atoms with Crippen LogP contribution in [0, 0.1) is 6.92 Å². The molecule has 1 N–H and O–H groups in total. The highest BCUT2D eigenvalue weighted by Gasteiger charge is 2.10. The number of methoxy groups -OCH3 is 2. The number of carbonyl (C=O) groups excluding carboxylic acids is 1. The molecule has 1 heterocycles. The Labute approximate surface area is 129 Å². The number of ether oxygens (including phenoxy) is 3. The van der Waals surface area contributed by atoms with Crippen LogP contribution < -0.4 is 19.5 Å². The van der Waals surface area contributed by atoms with E-state index in [0.29, 0.717) is 23.1 Å². The minimum atomic E-state index is -0.298. The second-order valence-corrected chi connectivity index (χ2v) is 4.59. The molecule has 2 aromatic rings. The van der Waals surface area contributed by atoms with E-state index in [1.165, 1.54) is 7.11 Å². The van der Waals surface area contributed by atoms with E-state index in [4.69, 9.17) is 14.2 Å². The van der Waals surface area contributed by atoms with Crippen LogP contribution in [-0.4, -0.2) is 31.7 Å². The quantitative estimate of drug-likeness (QED) is 0.887. The number of aryl methyl sites for hydroxylation is 1. The summed E-state index contributed by atoms with van der Waals surface area (Å²) in [6.07, 6.45) is 1.67. The topological polar surface area (TPSA) is 69.7 Å². The van der Waals surface area contributed by atoms with Crippen molar-refractivity contribution in [3.05, 3.63) is 42.1 Å². The standard InChI is InChI=1S/C16H18N2O4/c1-11-7-14(16(21-3)17-9-11)18-15(19)10-22-13-6-4-5-12(8-13)20-2/h4-9H,10H2,1-3H3,(H,18,19). The first-order chi connectivity index (χ1) is 10.6. The molecular weight excluding hydrogens is 284 g/mol. The minimum absolute atomic E-state index is 0.121. The van der Waals surface area contributed by atoms with Gasteiger partial charge in [-0.3, -0.25) is 4.79 Å². The van der Waals surface area contributed by atoms with E-state index in [1.807, 2.05) is 6.92 Å². The maximum absolute atomic E-state index is 12.0. The molecule has 6 heteroatoms. The van der Waals surface area contributed by atoms with Gasteiger partial charge in [0.1, 0.15) is 17.2 Å². The molecule has 1 aromatic heterocycles. The van der Waals surface area contributed by atoms with E-state index in [9.17, 15) is 4.79 Å². The molecule has 0 aliphatic carbocycles. The van der Waals surface area contributed by atoms with Crippen molar-refractivity contribution in [2.24, 2.45) is 0 Å². The van der Waals surface area contributed by atoms with Crippen LogP contribution >= 0.6 is 0 Å². The molecule has 0 radical (unpaired) electrons. The Bertz CT molecular complexity index is 658. The molecule has 0 aliphatic heterocycles. The lowest BCUT2D eigenvalue weighted by Gasteiger charge is -2.11. The molecule has 0 bridgehead atoms. The van der Waals surface area contributed by atoms with Gasteiger partial charge in [0, 0.05) is 12.3 Å². The van der Waals surface area contributed by atoms with Crippen LogP contribution in [0.25, 0.3) is 0 Å². The molecule has 0 unspecified atom stereocenters. The van der Waals surface area contributed by atoms with E-state index in [2.05, 4.69) is 10.3 Å². The molecule has 0 atom stereocenters. The summed E-state index contributed by atoms with van der Waals surface area (Å²) in [5, 5.41) is 2.72. The van der Waals surface area contributed by atoms with Gasteiger partial charge in [-0.05, 0) is 30.7 Å². The number of carbonyl (C=O) groups is 1. The molecule has 116 valence electrons. The summed E-state index contributed by atoms with van der Waals surface area (Å²) in [5.74, 6) is 1.29. The van der Waals surface area contributed by atoms with E-state index < -0.39 is 0 Å². The highest BCUT2D eigenvalue weighted by atomic mass is 16.5. The fourth-order valence-corrected chi connectivity index (χ4v) is 1.84. The first kappa shape index (κ1) is 15.6. The summed E-state index contributed by atoms with van der Waals surface area (Å²) in [4.78, 5) is 16.1. The summed E-state index contributed by atoms with van der Waals surface area (Å²) >= 11 is 0. The Morgan fingerprint density at radius 3 is 2.68 bits per heavy atom. The van der Waals surface area contributed by atoms with Gasteiger partial charge in [0.05, 0.1) is 14.2 Å². The monoisotopic (exact) mass is 302 g/mol. The molecule has 22 heavy (non-hydrogen) atoms. The average Bonchev–Trinajstić information content (AvgIpc) is 2.53. The van der Waals surface area contributed by atoms with Crippen LogP contribution in [0.4, 0.5) is 5.69 Å². The number of nitrogens with one attached hydrogen (secondary N) is 1. The summed E-state index contributed by atoms with van der Waals surface area (Å²) in [7, 11) is 3.07. The Morgan fingerprint density at radius 1 is 1.18 bits per heavy atom. The zero-order chi connectivity index (χ0) is 15.9. The van der Waals surface area contributed by atoms with Crippen LogP contribution in [0.5, 0.6) is 17.4 Å². The second-order valence-electron chi connectivity index (χ2n) is 4.59. The van der Waals surface area contributed by atoms with Gasteiger partial charge < -0.3 is 19.5 Å². The van der Waals surface area contributed by atoms with Gasteiger partial charge in [-0.15, -0.1) is 0 Å². The third kappa shape index (κ3) is 4.12. The summed E-state index contributed by atoms with van der Waals surface area (Å²) < 4.78 is 15.6. The number of hydrogen-bond acceptors (Lipinski definition) is 5. The number of hydrogen-bond donors (Lipinski definition) is 1. The first-order valence-corrected chi connectivity index (χ1v) is 6.69. The van der Waals surface area contributed by atoms with Gasteiger partial charge in [0.15, 0.2) is 6.61 Å². The lowest BCUT2D eigenvalue weighted by atomic mass is 10.3. The molecule has 6 nitrogen and oxygen atoms in total. The first-order valence-electron chi connectivity index (χ1n) is 6.69. The molecule has 1 aromatic carbocycles. The fraction of sp³-hybridized carbons (Fsp3) is 0.250. The summed E-state index contributed by atoms with van der Waals surface area (Å²) in [5.41, 5.74) is 1.44. The molecule has 0 spiro atoms. The van der Waals surface area contributed by atoms with Crippen LogP contribution in [0.15, 0.2) is 36.5 Å². The predicted octanol–water partition coefficient (Wildman–Crippen LogP) is 2.42. The fourth-order valence-electron chi connectivity index (χ4n) is 1.84. The average molecular weight is 302 g/mol. The molecule has 1 amide bonds. The number of benzene rings is 1. The van der Waals surface area contributed by atoms with E-state index in [0.717, 1.165) is 5.56 Å². The van der Waals surface area contributed by atoms with E-state index in [1.54, 1.807) is 43.6 Å². The van der Waals surface area contributed by atoms with Crippen LogP contribution in [0.1, 0.15) is 5.56 Å². The molecule has 2 rings (SSSR count). The highest BCUT2D eigenvalue weighted by molar-refractivity contribution is 5.93. The third-order valence-corrected chi connectivity index (χ3v) is 2.87. The zero-order valence-corrected chi connectivity index (χ0v) is 12.8. The number of nitrogens with zero attached hydrogens (tertiary/aromatic N) is 1. The second kappa shape index (κ2) is 7.31. The number of anilines is 1. The van der Waals surface area contributed by atoms with Crippen LogP contribution in [0.2, 0.25) is 0 Å². The smallest absolute Gasteiger partial charge is 0.262 e. The lowest BCUT2D eigenvalue weighted by Crippen LogP contribution is -2.20. The van der Waals surface area contributed by atoms with Crippen molar-refractivity contribution in [2.75, 3.05) is 26.1 Å². The van der Waals surface area contributed by atoms with Gasteiger partial charge in [-0.25, -0.2) is 4.98 Å². The number of amides is 1. The van der Waals surface area contributed by atoms with E-state index >= 15 is 0 Å². The summed E-state index contributed by atoms with van der Waals surface area (Å²) in [6.45, 7) is 1.76. The SMILES string of the molecule is COc1cccc(OCC(=O)Nc2cc(C)cnc2OC)c1. The molecule has 0 saturated carbocycles. The van der Waals surface area contributed by atoms with Crippen LogP contribution in [-0.2, 0) is 4.79 Å². The van der Waals surface area contributed by atoms with Gasteiger partial charge >= 0.3 is 0 Å². The van der Waals surface area contributed by atoms with Gasteiger partial charge in [0.2, 0.25) is 5.88 Å². The normalized spacial score (nSPS) is 9.95. The summed E-state index contributed by atoms with van der Waals surface area (Å²) in [6, 6.07) is 8.84. The number of rotatable bonds is 6. The van der Waals surface area contributed by atoms with Crippen molar-refractivity contribution in [2.45, 2.75) is 6.92 Å². The maximum atomic E-state index is 12.0. The lowest BCUT2D eigenvalue weighted by molar-refractivity contribution is -0.118. The minimum Gasteiger partial charge on any atom is -0.497 e. The predicted molar refractivity (Wildman–Crippen MR) is 82.6 cm³/mol. The Kier molecular flexibility index (Phi) is 5.19. The van der Waals surface area contributed by atoms with Gasteiger partial charge in [0.25, 0.3) is 5.91 Å². The molecular formula is C16H18N2O4. The number of pyridine rings is 1. The van der Waals surface area contributed by atoms with Crippen molar-refractivity contribution >= 4 is 11.6 Å². The Balaban J connectivity index is 1.97. The Morgan fingerprint density at radius 2 is 1.95 bits per heavy atom. The number of aromatic nitrogens is 1. The Hall–Kier alpha value is -2.76. The van der Waals surface area contributed by atoms with Crippen molar-refractivity contribution in [1.29, 1.82) is 0 Å².